The zero-order valence-corrected chi connectivity index (χ0v) is 17.6. The van der Waals surface area contributed by atoms with Crippen molar-refractivity contribution in [3.63, 3.8) is 0 Å². The molecule has 2 aromatic rings. The Labute approximate surface area is 175 Å². The lowest BCUT2D eigenvalue weighted by molar-refractivity contribution is -0.0137. The smallest absolute Gasteiger partial charge is 0.118 e. The Kier molecular flexibility index (Phi) is 10.5. The molecule has 1 N–H and O–H groups in total. The molecule has 0 amide bonds. The Bertz CT molecular complexity index is 684. The highest BCUT2D eigenvalue weighted by Crippen LogP contribution is 2.19. The van der Waals surface area contributed by atoms with E-state index >= 15 is 0 Å². The molecule has 0 aromatic heterocycles. The minimum Gasteiger partial charge on any atom is -0.497 e. The summed E-state index contributed by atoms with van der Waals surface area (Å²) < 4.78 is 17.1. The zero-order valence-electron chi connectivity index (χ0n) is 17.6. The van der Waals surface area contributed by atoms with E-state index in [-0.39, 0.29) is 12.0 Å². The van der Waals surface area contributed by atoms with E-state index in [0.717, 1.165) is 24.2 Å². The van der Waals surface area contributed by atoms with E-state index in [1.807, 2.05) is 49.4 Å². The molecule has 0 saturated heterocycles. The number of hydrogen-bond acceptors (Lipinski definition) is 4. The van der Waals surface area contributed by atoms with Gasteiger partial charge in [-0.15, -0.1) is 6.58 Å². The molecule has 0 aliphatic heterocycles. The Morgan fingerprint density at radius 3 is 2.34 bits per heavy atom. The van der Waals surface area contributed by atoms with Crippen LogP contribution in [0, 0.1) is 5.92 Å². The third-order valence-electron chi connectivity index (χ3n) is 5.05. The first kappa shape index (κ1) is 23.1. The van der Waals surface area contributed by atoms with Gasteiger partial charge in [0, 0.05) is 13.0 Å². The summed E-state index contributed by atoms with van der Waals surface area (Å²) in [6.07, 6.45) is 3.60. The normalized spacial score (nSPS) is 14.2. The van der Waals surface area contributed by atoms with E-state index in [1.54, 1.807) is 13.2 Å². The highest BCUT2D eigenvalue weighted by atomic mass is 16.5. The van der Waals surface area contributed by atoms with E-state index < -0.39 is 6.10 Å². The van der Waals surface area contributed by atoms with Crippen molar-refractivity contribution in [2.75, 3.05) is 13.7 Å². The van der Waals surface area contributed by atoms with E-state index in [2.05, 4.69) is 18.7 Å². The van der Waals surface area contributed by atoms with Gasteiger partial charge < -0.3 is 19.3 Å². The monoisotopic (exact) mass is 398 g/mol. The molecule has 0 spiro atoms. The predicted molar refractivity (Wildman–Crippen MR) is 117 cm³/mol. The van der Waals surface area contributed by atoms with Crippen LogP contribution in [0.25, 0.3) is 0 Å². The van der Waals surface area contributed by atoms with Crippen LogP contribution in [0.5, 0.6) is 5.75 Å². The fourth-order valence-electron chi connectivity index (χ4n) is 3.02. The summed E-state index contributed by atoms with van der Waals surface area (Å²) in [4.78, 5) is 0. The average molecular weight is 399 g/mol. The first-order valence-electron chi connectivity index (χ1n) is 10.3. The third kappa shape index (κ3) is 8.82. The van der Waals surface area contributed by atoms with Crippen LogP contribution in [-0.2, 0) is 22.7 Å². The number of ether oxygens (including phenoxy) is 3. The Morgan fingerprint density at radius 2 is 1.69 bits per heavy atom. The number of methoxy groups -OCH3 is 1. The standard InChI is InChI=1S/C25H34O4/c1-4-20(2)25(26)17-24(29-19-22-12-14-23(27-3)15-13-22)11-8-16-28-18-21-9-6-5-7-10-21/h4-7,9-10,12-15,20,24-26H,1,8,11,16-19H2,2-3H3/t20-,24-,25+/m1/s1. The molecular formula is C25H34O4. The molecule has 0 unspecified atom stereocenters. The molecule has 0 fully saturated rings. The Hall–Kier alpha value is -2.14. The number of hydrogen-bond donors (Lipinski definition) is 1. The Balaban J connectivity index is 1.80. The molecule has 2 aromatic carbocycles. The molecule has 0 heterocycles. The van der Waals surface area contributed by atoms with Crippen molar-refractivity contribution in [3.05, 3.63) is 78.4 Å². The van der Waals surface area contributed by atoms with Gasteiger partial charge in [-0.25, -0.2) is 0 Å². The molecule has 29 heavy (non-hydrogen) atoms. The summed E-state index contributed by atoms with van der Waals surface area (Å²) in [6.45, 7) is 7.55. The van der Waals surface area contributed by atoms with Crippen LogP contribution in [0.2, 0.25) is 0 Å². The second-order valence-corrected chi connectivity index (χ2v) is 7.36. The topological polar surface area (TPSA) is 47.9 Å². The van der Waals surface area contributed by atoms with E-state index in [4.69, 9.17) is 14.2 Å². The van der Waals surface area contributed by atoms with Crippen LogP contribution in [0.3, 0.4) is 0 Å². The highest BCUT2D eigenvalue weighted by molar-refractivity contribution is 5.26. The number of aliphatic hydroxyl groups excluding tert-OH is 1. The van der Waals surface area contributed by atoms with Gasteiger partial charge in [0.2, 0.25) is 0 Å². The molecule has 2 rings (SSSR count). The van der Waals surface area contributed by atoms with Gasteiger partial charge in [0.05, 0.1) is 32.5 Å². The second-order valence-electron chi connectivity index (χ2n) is 7.36. The molecule has 158 valence electrons. The molecular weight excluding hydrogens is 364 g/mol. The van der Waals surface area contributed by atoms with Crippen LogP contribution in [0.15, 0.2) is 67.3 Å². The van der Waals surface area contributed by atoms with Crippen molar-refractivity contribution in [2.45, 2.75) is 51.6 Å². The lowest BCUT2D eigenvalue weighted by Crippen LogP contribution is -2.25. The van der Waals surface area contributed by atoms with E-state index in [9.17, 15) is 5.11 Å². The molecule has 4 nitrogen and oxygen atoms in total. The van der Waals surface area contributed by atoms with Crippen LogP contribution < -0.4 is 4.74 Å². The van der Waals surface area contributed by atoms with Crippen molar-refractivity contribution >= 4 is 0 Å². The molecule has 3 atom stereocenters. The molecule has 4 heteroatoms. The highest BCUT2D eigenvalue weighted by Gasteiger charge is 2.18. The van der Waals surface area contributed by atoms with Crippen molar-refractivity contribution in [2.24, 2.45) is 5.92 Å². The van der Waals surface area contributed by atoms with Gasteiger partial charge in [-0.05, 0) is 42.0 Å². The van der Waals surface area contributed by atoms with Crippen molar-refractivity contribution in [1.29, 1.82) is 0 Å². The van der Waals surface area contributed by atoms with Gasteiger partial charge >= 0.3 is 0 Å². The van der Waals surface area contributed by atoms with Gasteiger partial charge in [0.25, 0.3) is 0 Å². The van der Waals surface area contributed by atoms with Gasteiger partial charge in [0.1, 0.15) is 5.75 Å². The van der Waals surface area contributed by atoms with Crippen LogP contribution in [0.1, 0.15) is 37.3 Å². The zero-order chi connectivity index (χ0) is 20.9. The van der Waals surface area contributed by atoms with E-state index in [0.29, 0.717) is 26.2 Å². The molecule has 0 aliphatic rings. The molecule has 0 saturated carbocycles. The maximum atomic E-state index is 10.4. The third-order valence-corrected chi connectivity index (χ3v) is 5.05. The first-order valence-corrected chi connectivity index (χ1v) is 10.3. The largest absolute Gasteiger partial charge is 0.497 e. The number of benzene rings is 2. The van der Waals surface area contributed by atoms with Gasteiger partial charge in [0.15, 0.2) is 0 Å². The Morgan fingerprint density at radius 1 is 1.00 bits per heavy atom. The van der Waals surface area contributed by atoms with Crippen molar-refractivity contribution in [1.82, 2.24) is 0 Å². The maximum absolute atomic E-state index is 10.4. The molecule has 0 aliphatic carbocycles. The molecule has 0 radical (unpaired) electrons. The first-order chi connectivity index (χ1) is 14.1. The fourth-order valence-corrected chi connectivity index (χ4v) is 3.02. The number of rotatable bonds is 14. The lowest BCUT2D eigenvalue weighted by Gasteiger charge is -2.23. The SMILES string of the molecule is C=C[C@@H](C)[C@@H](O)C[C@@H](CCCOCc1ccccc1)OCc1ccc(OC)cc1. The lowest BCUT2D eigenvalue weighted by atomic mass is 9.97. The summed E-state index contributed by atoms with van der Waals surface area (Å²) in [5.74, 6) is 0.868. The summed E-state index contributed by atoms with van der Waals surface area (Å²) in [6, 6.07) is 18.0. The van der Waals surface area contributed by atoms with Crippen molar-refractivity contribution in [3.8, 4) is 5.75 Å². The van der Waals surface area contributed by atoms with Crippen LogP contribution in [-0.4, -0.2) is 31.0 Å². The van der Waals surface area contributed by atoms with E-state index in [1.165, 1.54) is 5.56 Å². The van der Waals surface area contributed by atoms with Crippen molar-refractivity contribution < 1.29 is 19.3 Å². The quantitative estimate of drug-likeness (QED) is 0.353. The fraction of sp³-hybridized carbons (Fsp3) is 0.440. The summed E-state index contributed by atoms with van der Waals surface area (Å²) >= 11 is 0. The minimum atomic E-state index is -0.460. The second kappa shape index (κ2) is 13.2. The maximum Gasteiger partial charge on any atom is 0.118 e. The summed E-state index contributed by atoms with van der Waals surface area (Å²) in [5, 5.41) is 10.4. The average Bonchev–Trinajstić information content (AvgIpc) is 2.77. The van der Waals surface area contributed by atoms with Crippen LogP contribution in [0.4, 0.5) is 0 Å². The summed E-state index contributed by atoms with van der Waals surface area (Å²) in [7, 11) is 1.66. The minimum absolute atomic E-state index is 0.0326. The predicted octanol–water partition coefficient (Wildman–Crippen LogP) is 5.15. The van der Waals surface area contributed by atoms with Gasteiger partial charge in [-0.2, -0.15) is 0 Å². The summed E-state index contributed by atoms with van der Waals surface area (Å²) in [5.41, 5.74) is 2.26. The van der Waals surface area contributed by atoms with Gasteiger partial charge in [-0.3, -0.25) is 0 Å². The van der Waals surface area contributed by atoms with Crippen LogP contribution >= 0.6 is 0 Å². The number of aliphatic hydroxyl groups is 1. The van der Waals surface area contributed by atoms with Gasteiger partial charge in [-0.1, -0.05) is 55.5 Å². The molecule has 0 bridgehead atoms.